The average Bonchev–Trinajstić information content (AvgIpc) is 2.65. The number of likely N-dealkylation sites (tertiary alicyclic amines) is 1. The van der Waals surface area contributed by atoms with Gasteiger partial charge in [-0.1, -0.05) is 12.1 Å². The molecule has 2 rings (SSSR count). The van der Waals surface area contributed by atoms with Gasteiger partial charge in [0.25, 0.3) is 0 Å². The van der Waals surface area contributed by atoms with Gasteiger partial charge in [0.2, 0.25) is 0 Å². The van der Waals surface area contributed by atoms with Crippen LogP contribution in [-0.2, 0) is 13.6 Å². The molecule has 0 aliphatic carbocycles. The Labute approximate surface area is 94.6 Å². The number of aromatic nitrogens is 3. The van der Waals surface area contributed by atoms with Crippen molar-refractivity contribution < 1.29 is 5.21 Å². The molecule has 2 heterocycles. The monoisotopic (exact) mass is 223 g/mol. The molecule has 6 nitrogen and oxygen atoms in total. The Balaban J connectivity index is 1.96. The van der Waals surface area contributed by atoms with Crippen molar-refractivity contribution in [3.63, 3.8) is 0 Å². The number of hydrogen-bond donors (Lipinski definition) is 1. The van der Waals surface area contributed by atoms with E-state index in [0.29, 0.717) is 5.92 Å². The summed E-state index contributed by atoms with van der Waals surface area (Å²) < 4.78 is 1.79. The number of piperidine rings is 1. The molecule has 1 atom stereocenters. The molecule has 88 valence electrons. The Kier molecular flexibility index (Phi) is 3.19. The summed E-state index contributed by atoms with van der Waals surface area (Å²) in [5.74, 6) is 1.28. The Morgan fingerprint density at radius 1 is 1.62 bits per heavy atom. The van der Waals surface area contributed by atoms with Crippen molar-refractivity contribution in [3.05, 3.63) is 12.2 Å². The van der Waals surface area contributed by atoms with Crippen molar-refractivity contribution >= 4 is 5.71 Å². The molecule has 6 heteroatoms. The number of rotatable bonds is 2. The minimum absolute atomic E-state index is 0.312. The molecule has 1 aromatic rings. The normalized spacial score (nSPS) is 25.1. The lowest BCUT2D eigenvalue weighted by Crippen LogP contribution is -2.39. The average molecular weight is 223 g/mol. The fourth-order valence-corrected chi connectivity index (χ4v) is 2.06. The molecule has 0 saturated carbocycles. The van der Waals surface area contributed by atoms with Gasteiger partial charge < -0.3 is 5.21 Å². The molecule has 1 aliphatic rings. The number of aryl methyl sites for hydroxylation is 1. The molecule has 16 heavy (non-hydrogen) atoms. The quantitative estimate of drug-likeness (QED) is 0.585. The van der Waals surface area contributed by atoms with E-state index >= 15 is 0 Å². The Morgan fingerprint density at radius 2 is 2.44 bits per heavy atom. The van der Waals surface area contributed by atoms with Crippen molar-refractivity contribution in [2.24, 2.45) is 18.1 Å². The summed E-state index contributed by atoms with van der Waals surface area (Å²) in [6.07, 6.45) is 2.40. The van der Waals surface area contributed by atoms with E-state index in [1.807, 2.05) is 7.05 Å². The van der Waals surface area contributed by atoms with Gasteiger partial charge in [-0.05, 0) is 0 Å². The maximum Gasteiger partial charge on any atom is 0.140 e. The third-order valence-corrected chi connectivity index (χ3v) is 3.08. The van der Waals surface area contributed by atoms with Crippen LogP contribution in [0.25, 0.3) is 0 Å². The maximum absolute atomic E-state index is 8.79. The summed E-state index contributed by atoms with van der Waals surface area (Å²) in [5, 5.41) is 16.2. The van der Waals surface area contributed by atoms with Crippen LogP contribution in [0.3, 0.4) is 0 Å². The van der Waals surface area contributed by atoms with Gasteiger partial charge in [0.05, 0.1) is 12.3 Å². The molecular formula is C10H17N5O. The van der Waals surface area contributed by atoms with Gasteiger partial charge in [-0.2, -0.15) is 5.10 Å². The van der Waals surface area contributed by atoms with E-state index in [1.54, 1.807) is 11.0 Å². The zero-order chi connectivity index (χ0) is 11.5. The first-order chi connectivity index (χ1) is 7.70. The molecule has 1 aromatic heterocycles. The SMILES string of the molecule is CC1CN(Cc2ncnn2C)CCC1=NO. The molecule has 0 amide bonds. The highest BCUT2D eigenvalue weighted by Gasteiger charge is 2.23. The number of oxime groups is 1. The van der Waals surface area contributed by atoms with Gasteiger partial charge in [-0.15, -0.1) is 0 Å². The van der Waals surface area contributed by atoms with Crippen molar-refractivity contribution in [2.45, 2.75) is 19.9 Å². The van der Waals surface area contributed by atoms with E-state index < -0.39 is 0 Å². The fourth-order valence-electron chi connectivity index (χ4n) is 2.06. The summed E-state index contributed by atoms with van der Waals surface area (Å²) in [7, 11) is 1.90. The molecule has 0 bridgehead atoms. The van der Waals surface area contributed by atoms with E-state index in [1.165, 1.54) is 0 Å². The highest BCUT2D eigenvalue weighted by molar-refractivity contribution is 5.86. The molecule has 0 spiro atoms. The van der Waals surface area contributed by atoms with Crippen LogP contribution in [0.1, 0.15) is 19.2 Å². The largest absolute Gasteiger partial charge is 0.411 e. The standard InChI is InChI=1S/C10H17N5O/c1-8-5-15(4-3-9(8)13-16)6-10-11-7-12-14(10)2/h7-8,16H,3-6H2,1-2H3. The highest BCUT2D eigenvalue weighted by Crippen LogP contribution is 2.15. The molecule has 1 fully saturated rings. The third kappa shape index (κ3) is 2.21. The summed E-state index contributed by atoms with van der Waals surface area (Å²) in [4.78, 5) is 6.51. The second-order valence-corrected chi connectivity index (χ2v) is 4.28. The Hall–Kier alpha value is -1.43. The van der Waals surface area contributed by atoms with Gasteiger partial charge in [-0.3, -0.25) is 9.58 Å². The van der Waals surface area contributed by atoms with Crippen LogP contribution >= 0.6 is 0 Å². The van der Waals surface area contributed by atoms with Crippen LogP contribution in [0.15, 0.2) is 11.5 Å². The lowest BCUT2D eigenvalue weighted by atomic mass is 9.98. The van der Waals surface area contributed by atoms with E-state index in [9.17, 15) is 0 Å². The van der Waals surface area contributed by atoms with Crippen LogP contribution in [0, 0.1) is 5.92 Å². The minimum atomic E-state index is 0.312. The van der Waals surface area contributed by atoms with E-state index in [-0.39, 0.29) is 0 Å². The predicted octanol–water partition coefficient (Wildman–Crippen LogP) is 0.487. The second-order valence-electron chi connectivity index (χ2n) is 4.28. The summed E-state index contributed by atoms with van der Waals surface area (Å²) in [6.45, 7) is 4.71. The molecule has 0 radical (unpaired) electrons. The van der Waals surface area contributed by atoms with E-state index in [2.05, 4.69) is 27.1 Å². The second kappa shape index (κ2) is 4.61. The van der Waals surface area contributed by atoms with Crippen molar-refractivity contribution in [1.29, 1.82) is 0 Å². The van der Waals surface area contributed by atoms with Crippen LogP contribution in [0.5, 0.6) is 0 Å². The van der Waals surface area contributed by atoms with Gasteiger partial charge >= 0.3 is 0 Å². The van der Waals surface area contributed by atoms with Crippen LogP contribution in [-0.4, -0.2) is 43.7 Å². The van der Waals surface area contributed by atoms with Gasteiger partial charge in [0, 0.05) is 32.5 Å². The van der Waals surface area contributed by atoms with Crippen molar-refractivity contribution in [1.82, 2.24) is 19.7 Å². The van der Waals surface area contributed by atoms with Crippen molar-refractivity contribution in [2.75, 3.05) is 13.1 Å². The zero-order valence-corrected chi connectivity index (χ0v) is 9.67. The van der Waals surface area contributed by atoms with Crippen LogP contribution in [0.4, 0.5) is 0 Å². The van der Waals surface area contributed by atoms with Gasteiger partial charge in [-0.25, -0.2) is 4.98 Å². The topological polar surface area (TPSA) is 66.5 Å². The first-order valence-electron chi connectivity index (χ1n) is 5.46. The lowest BCUT2D eigenvalue weighted by molar-refractivity contribution is 0.221. The minimum Gasteiger partial charge on any atom is -0.411 e. The first kappa shape index (κ1) is 11.1. The van der Waals surface area contributed by atoms with E-state index in [0.717, 1.165) is 37.6 Å². The highest BCUT2D eigenvalue weighted by atomic mass is 16.4. The molecule has 1 N–H and O–H groups in total. The number of nitrogens with zero attached hydrogens (tertiary/aromatic N) is 5. The lowest BCUT2D eigenvalue weighted by Gasteiger charge is -2.30. The number of hydrogen-bond acceptors (Lipinski definition) is 5. The molecule has 1 aliphatic heterocycles. The predicted molar refractivity (Wildman–Crippen MR) is 59.3 cm³/mol. The van der Waals surface area contributed by atoms with Gasteiger partial charge in [0.1, 0.15) is 12.2 Å². The van der Waals surface area contributed by atoms with E-state index in [4.69, 9.17) is 5.21 Å². The molecule has 1 saturated heterocycles. The summed E-state index contributed by atoms with van der Waals surface area (Å²) in [5.41, 5.74) is 0.897. The van der Waals surface area contributed by atoms with Crippen LogP contribution in [0.2, 0.25) is 0 Å². The van der Waals surface area contributed by atoms with Crippen LogP contribution < -0.4 is 0 Å². The molecule has 1 unspecified atom stereocenters. The Morgan fingerprint density at radius 3 is 3.00 bits per heavy atom. The molecular weight excluding hydrogens is 206 g/mol. The smallest absolute Gasteiger partial charge is 0.140 e. The maximum atomic E-state index is 8.79. The fraction of sp³-hybridized carbons (Fsp3) is 0.700. The summed E-state index contributed by atoms with van der Waals surface area (Å²) in [6, 6.07) is 0. The summed E-state index contributed by atoms with van der Waals surface area (Å²) >= 11 is 0. The Bertz CT molecular complexity index is 386. The molecule has 0 aromatic carbocycles. The first-order valence-corrected chi connectivity index (χ1v) is 5.46. The van der Waals surface area contributed by atoms with Gasteiger partial charge in [0.15, 0.2) is 0 Å². The van der Waals surface area contributed by atoms with Crippen molar-refractivity contribution in [3.8, 4) is 0 Å². The third-order valence-electron chi connectivity index (χ3n) is 3.08. The zero-order valence-electron chi connectivity index (χ0n) is 9.67.